The van der Waals surface area contributed by atoms with Gasteiger partial charge in [-0.05, 0) is 32.0 Å². The second-order valence-corrected chi connectivity index (χ2v) is 4.00. The van der Waals surface area contributed by atoms with Crippen molar-refractivity contribution in [2.75, 3.05) is 6.54 Å². The summed E-state index contributed by atoms with van der Waals surface area (Å²) in [6.45, 7) is 7.39. The van der Waals surface area contributed by atoms with Crippen LogP contribution < -0.4 is 5.32 Å². The van der Waals surface area contributed by atoms with E-state index in [-0.39, 0.29) is 5.82 Å². The van der Waals surface area contributed by atoms with Crippen LogP contribution in [-0.2, 0) is 6.54 Å². The standard InChI is InChI=1S/C13H16FNO/c1-4-15-7-11-9(3)12-10(14)6-5-8(2)13(12)16-11/h5-6,15H,4,7H2,1-3H3. The van der Waals surface area contributed by atoms with E-state index in [4.69, 9.17) is 4.42 Å². The van der Waals surface area contributed by atoms with Crippen LogP contribution in [0.15, 0.2) is 16.5 Å². The maximum atomic E-state index is 13.7. The molecule has 0 aliphatic rings. The predicted octanol–water partition coefficient (Wildman–Crippen LogP) is 3.30. The molecule has 0 radical (unpaired) electrons. The number of fused-ring (bicyclic) bond motifs is 1. The topological polar surface area (TPSA) is 25.2 Å². The molecule has 1 heterocycles. The quantitative estimate of drug-likeness (QED) is 0.860. The first-order valence-corrected chi connectivity index (χ1v) is 5.53. The van der Waals surface area contributed by atoms with Crippen molar-refractivity contribution < 1.29 is 8.81 Å². The van der Waals surface area contributed by atoms with Gasteiger partial charge in [0.05, 0.1) is 11.9 Å². The van der Waals surface area contributed by atoms with E-state index in [9.17, 15) is 4.39 Å². The summed E-state index contributed by atoms with van der Waals surface area (Å²) in [6, 6.07) is 3.24. The van der Waals surface area contributed by atoms with Crippen molar-refractivity contribution in [2.45, 2.75) is 27.3 Å². The fourth-order valence-electron chi connectivity index (χ4n) is 1.89. The first-order valence-electron chi connectivity index (χ1n) is 5.53. The summed E-state index contributed by atoms with van der Waals surface area (Å²) in [4.78, 5) is 0. The Morgan fingerprint density at radius 3 is 2.69 bits per heavy atom. The number of aryl methyl sites for hydroxylation is 2. The summed E-state index contributed by atoms with van der Waals surface area (Å²) >= 11 is 0. The largest absolute Gasteiger partial charge is 0.459 e. The van der Waals surface area contributed by atoms with Gasteiger partial charge in [0.25, 0.3) is 0 Å². The number of hydrogen-bond donors (Lipinski definition) is 1. The summed E-state index contributed by atoms with van der Waals surface area (Å²) in [5.74, 6) is 0.620. The molecule has 2 aromatic rings. The molecule has 0 unspecified atom stereocenters. The molecule has 0 saturated carbocycles. The van der Waals surface area contributed by atoms with E-state index in [1.165, 1.54) is 6.07 Å². The lowest BCUT2D eigenvalue weighted by atomic mass is 10.1. The van der Waals surface area contributed by atoms with Crippen LogP contribution in [0.1, 0.15) is 23.8 Å². The zero-order valence-corrected chi connectivity index (χ0v) is 9.86. The second-order valence-electron chi connectivity index (χ2n) is 4.00. The number of hydrogen-bond acceptors (Lipinski definition) is 2. The van der Waals surface area contributed by atoms with Gasteiger partial charge in [-0.25, -0.2) is 4.39 Å². The van der Waals surface area contributed by atoms with Crippen molar-refractivity contribution in [1.29, 1.82) is 0 Å². The normalized spacial score (nSPS) is 11.2. The Kier molecular flexibility index (Phi) is 2.97. The Morgan fingerprint density at radius 1 is 1.31 bits per heavy atom. The predicted molar refractivity (Wildman–Crippen MR) is 63.0 cm³/mol. The Balaban J connectivity index is 2.58. The fraction of sp³-hybridized carbons (Fsp3) is 0.385. The van der Waals surface area contributed by atoms with E-state index < -0.39 is 0 Å². The lowest BCUT2D eigenvalue weighted by molar-refractivity contribution is 0.514. The molecule has 1 aromatic carbocycles. The lowest BCUT2D eigenvalue weighted by Gasteiger charge is -1.98. The van der Waals surface area contributed by atoms with Crippen molar-refractivity contribution in [3.63, 3.8) is 0 Å². The van der Waals surface area contributed by atoms with Crippen molar-refractivity contribution in [3.05, 3.63) is 34.8 Å². The molecule has 2 rings (SSSR count). The van der Waals surface area contributed by atoms with E-state index in [2.05, 4.69) is 5.32 Å². The Morgan fingerprint density at radius 2 is 2.06 bits per heavy atom. The Labute approximate surface area is 94.4 Å². The molecule has 1 aromatic heterocycles. The molecule has 0 bridgehead atoms. The minimum atomic E-state index is -0.204. The molecule has 1 N–H and O–H groups in total. The highest BCUT2D eigenvalue weighted by atomic mass is 19.1. The number of furan rings is 1. The smallest absolute Gasteiger partial charge is 0.140 e. The van der Waals surface area contributed by atoms with Crippen LogP contribution in [0.2, 0.25) is 0 Å². The van der Waals surface area contributed by atoms with Gasteiger partial charge in [-0.15, -0.1) is 0 Å². The van der Waals surface area contributed by atoms with E-state index in [0.29, 0.717) is 17.5 Å². The zero-order chi connectivity index (χ0) is 11.7. The van der Waals surface area contributed by atoms with Gasteiger partial charge in [0, 0.05) is 5.56 Å². The van der Waals surface area contributed by atoms with Gasteiger partial charge in [-0.3, -0.25) is 0 Å². The summed E-state index contributed by atoms with van der Waals surface area (Å²) in [5, 5.41) is 3.81. The number of benzene rings is 1. The third-order valence-electron chi connectivity index (χ3n) is 2.86. The van der Waals surface area contributed by atoms with Crippen LogP contribution in [0.5, 0.6) is 0 Å². The van der Waals surface area contributed by atoms with Gasteiger partial charge in [-0.2, -0.15) is 0 Å². The molecule has 16 heavy (non-hydrogen) atoms. The molecule has 2 nitrogen and oxygen atoms in total. The van der Waals surface area contributed by atoms with E-state index in [1.54, 1.807) is 6.07 Å². The molecular formula is C13H16FNO. The van der Waals surface area contributed by atoms with Gasteiger partial charge >= 0.3 is 0 Å². The van der Waals surface area contributed by atoms with Crippen molar-refractivity contribution >= 4 is 11.0 Å². The van der Waals surface area contributed by atoms with Crippen LogP contribution in [0.25, 0.3) is 11.0 Å². The molecule has 0 amide bonds. The van der Waals surface area contributed by atoms with Crippen LogP contribution >= 0.6 is 0 Å². The summed E-state index contributed by atoms with van der Waals surface area (Å²) in [6.07, 6.45) is 0. The van der Waals surface area contributed by atoms with Crippen LogP contribution in [0.4, 0.5) is 4.39 Å². The van der Waals surface area contributed by atoms with Crippen LogP contribution in [0, 0.1) is 19.7 Å². The molecule has 86 valence electrons. The highest BCUT2D eigenvalue weighted by molar-refractivity contribution is 5.85. The third-order valence-corrected chi connectivity index (χ3v) is 2.86. The minimum Gasteiger partial charge on any atom is -0.459 e. The molecule has 3 heteroatoms. The van der Waals surface area contributed by atoms with Crippen molar-refractivity contribution in [3.8, 4) is 0 Å². The third kappa shape index (κ3) is 1.71. The number of rotatable bonds is 3. The molecule has 0 saturated heterocycles. The maximum absolute atomic E-state index is 13.7. The molecule has 0 fully saturated rings. The maximum Gasteiger partial charge on any atom is 0.140 e. The Hall–Kier alpha value is -1.35. The first kappa shape index (κ1) is 11.1. The zero-order valence-electron chi connectivity index (χ0n) is 9.86. The van der Waals surface area contributed by atoms with Gasteiger partial charge in [-0.1, -0.05) is 13.0 Å². The summed E-state index contributed by atoms with van der Waals surface area (Å²) < 4.78 is 19.4. The molecule has 0 aliphatic heterocycles. The fourth-order valence-corrected chi connectivity index (χ4v) is 1.89. The minimum absolute atomic E-state index is 0.204. The molecule has 0 atom stereocenters. The van der Waals surface area contributed by atoms with Crippen LogP contribution in [-0.4, -0.2) is 6.54 Å². The van der Waals surface area contributed by atoms with Gasteiger partial charge < -0.3 is 9.73 Å². The van der Waals surface area contributed by atoms with Gasteiger partial charge in [0.15, 0.2) is 0 Å². The SMILES string of the molecule is CCNCc1oc2c(C)ccc(F)c2c1C. The second kappa shape index (κ2) is 4.26. The van der Waals surface area contributed by atoms with Crippen LogP contribution in [0.3, 0.4) is 0 Å². The highest BCUT2D eigenvalue weighted by Crippen LogP contribution is 2.29. The van der Waals surface area contributed by atoms with E-state index in [1.807, 2.05) is 20.8 Å². The lowest BCUT2D eigenvalue weighted by Crippen LogP contribution is -2.11. The average molecular weight is 221 g/mol. The van der Waals surface area contributed by atoms with Gasteiger partial charge in [0.1, 0.15) is 17.2 Å². The highest BCUT2D eigenvalue weighted by Gasteiger charge is 2.15. The van der Waals surface area contributed by atoms with Crippen molar-refractivity contribution in [1.82, 2.24) is 5.32 Å². The summed E-state index contributed by atoms with van der Waals surface area (Å²) in [5.41, 5.74) is 2.55. The van der Waals surface area contributed by atoms with Crippen molar-refractivity contribution in [2.24, 2.45) is 0 Å². The van der Waals surface area contributed by atoms with E-state index >= 15 is 0 Å². The first-order chi connectivity index (χ1) is 7.65. The average Bonchev–Trinajstić information content (AvgIpc) is 2.60. The summed E-state index contributed by atoms with van der Waals surface area (Å²) in [7, 11) is 0. The molecule has 0 spiro atoms. The Bertz CT molecular complexity index is 516. The number of halogens is 1. The molecule has 0 aliphatic carbocycles. The van der Waals surface area contributed by atoms with E-state index in [0.717, 1.165) is 23.4 Å². The number of nitrogens with one attached hydrogen (secondary N) is 1. The monoisotopic (exact) mass is 221 g/mol. The van der Waals surface area contributed by atoms with Gasteiger partial charge in [0.2, 0.25) is 0 Å². The molecular weight excluding hydrogens is 205 g/mol.